The van der Waals surface area contributed by atoms with Crippen molar-refractivity contribution in [2.45, 2.75) is 26.3 Å². The fourth-order valence-corrected chi connectivity index (χ4v) is 3.90. The topological polar surface area (TPSA) is 30.5 Å². The monoisotopic (exact) mass is 373 g/mol. The lowest BCUT2D eigenvalue weighted by Crippen LogP contribution is -2.30. The molecule has 0 aliphatic carbocycles. The van der Waals surface area contributed by atoms with Gasteiger partial charge in [0.15, 0.2) is 11.5 Å². The summed E-state index contributed by atoms with van der Waals surface area (Å²) < 4.78 is 11.7. The van der Waals surface area contributed by atoms with Crippen LogP contribution in [0.25, 0.3) is 11.1 Å². The molecule has 1 aliphatic rings. The second-order valence-electron chi connectivity index (χ2n) is 6.99. The van der Waals surface area contributed by atoms with Crippen LogP contribution in [0.4, 0.5) is 0 Å². The van der Waals surface area contributed by atoms with Gasteiger partial charge in [-0.3, -0.25) is 0 Å². The quantitative estimate of drug-likeness (QED) is 0.629. The molecule has 0 bridgehead atoms. The number of fused-ring (bicyclic) bond motifs is 1. The Hall–Kier alpha value is -2.78. The molecule has 3 aromatic carbocycles. The summed E-state index contributed by atoms with van der Waals surface area (Å²) in [4.78, 5) is 0. The van der Waals surface area contributed by atoms with Gasteiger partial charge in [-0.05, 0) is 60.2 Å². The molecular formula is C25H27NO2. The molecule has 0 saturated carbocycles. The second-order valence-corrected chi connectivity index (χ2v) is 6.99. The molecule has 0 aromatic heterocycles. The summed E-state index contributed by atoms with van der Waals surface area (Å²) in [5.41, 5.74) is 6.37. The average Bonchev–Trinajstić information content (AvgIpc) is 2.75. The molecule has 1 atom stereocenters. The molecule has 3 heteroatoms. The maximum atomic E-state index is 5.86. The molecular weight excluding hydrogens is 346 g/mol. The van der Waals surface area contributed by atoms with Crippen LogP contribution >= 0.6 is 0 Å². The van der Waals surface area contributed by atoms with E-state index in [0.29, 0.717) is 13.2 Å². The number of benzene rings is 3. The Morgan fingerprint density at radius 3 is 2.14 bits per heavy atom. The van der Waals surface area contributed by atoms with Gasteiger partial charge in [0.2, 0.25) is 0 Å². The highest BCUT2D eigenvalue weighted by molar-refractivity contribution is 5.64. The molecule has 0 radical (unpaired) electrons. The Morgan fingerprint density at radius 2 is 1.46 bits per heavy atom. The molecule has 3 aromatic rings. The van der Waals surface area contributed by atoms with Gasteiger partial charge in [0, 0.05) is 6.54 Å². The van der Waals surface area contributed by atoms with Crippen molar-refractivity contribution in [2.24, 2.45) is 0 Å². The number of rotatable bonds is 6. The second kappa shape index (κ2) is 8.49. The zero-order valence-electron chi connectivity index (χ0n) is 16.6. The molecule has 28 heavy (non-hydrogen) atoms. The van der Waals surface area contributed by atoms with Gasteiger partial charge in [-0.1, -0.05) is 54.6 Å². The van der Waals surface area contributed by atoms with E-state index >= 15 is 0 Å². The van der Waals surface area contributed by atoms with Crippen LogP contribution in [0, 0.1) is 0 Å². The minimum absolute atomic E-state index is 0.170. The Kier molecular flexibility index (Phi) is 5.63. The highest BCUT2D eigenvalue weighted by Crippen LogP contribution is 2.38. The molecule has 4 rings (SSSR count). The van der Waals surface area contributed by atoms with E-state index in [1.807, 2.05) is 19.9 Å². The predicted octanol–water partition coefficient (Wildman–Crippen LogP) is 5.39. The molecule has 144 valence electrons. The minimum atomic E-state index is 0.170. The summed E-state index contributed by atoms with van der Waals surface area (Å²) in [6.45, 7) is 6.24. The van der Waals surface area contributed by atoms with Gasteiger partial charge in [-0.15, -0.1) is 0 Å². The smallest absolute Gasteiger partial charge is 0.161 e. The zero-order chi connectivity index (χ0) is 19.3. The van der Waals surface area contributed by atoms with Gasteiger partial charge < -0.3 is 14.8 Å². The van der Waals surface area contributed by atoms with Crippen molar-refractivity contribution in [3.05, 3.63) is 83.4 Å². The van der Waals surface area contributed by atoms with Gasteiger partial charge in [0.25, 0.3) is 0 Å². The van der Waals surface area contributed by atoms with Gasteiger partial charge in [-0.25, -0.2) is 0 Å². The Balaban J connectivity index is 1.68. The van der Waals surface area contributed by atoms with Crippen molar-refractivity contribution in [3.8, 4) is 22.6 Å². The van der Waals surface area contributed by atoms with E-state index in [2.05, 4.69) is 66.0 Å². The first-order chi connectivity index (χ1) is 13.8. The average molecular weight is 373 g/mol. The maximum absolute atomic E-state index is 5.86. The largest absolute Gasteiger partial charge is 0.490 e. The maximum Gasteiger partial charge on any atom is 0.161 e. The van der Waals surface area contributed by atoms with Crippen molar-refractivity contribution >= 4 is 0 Å². The SMILES string of the molecule is CCOc1cc2c(cc1OCC)[C@H](c1ccc(-c3ccccc3)cc1)NCC2. The molecule has 1 aliphatic heterocycles. The Morgan fingerprint density at radius 1 is 0.821 bits per heavy atom. The van der Waals surface area contributed by atoms with E-state index in [9.17, 15) is 0 Å². The van der Waals surface area contributed by atoms with Crippen molar-refractivity contribution in [3.63, 3.8) is 0 Å². The number of hydrogen-bond acceptors (Lipinski definition) is 3. The van der Waals surface area contributed by atoms with Crippen LogP contribution in [0.15, 0.2) is 66.7 Å². The molecule has 0 unspecified atom stereocenters. The Labute approximate surface area is 167 Å². The van der Waals surface area contributed by atoms with Crippen molar-refractivity contribution in [2.75, 3.05) is 19.8 Å². The highest BCUT2D eigenvalue weighted by atomic mass is 16.5. The standard InChI is InChI=1S/C25H27NO2/c1-3-27-23-16-21-14-15-26-25(22(21)17-24(23)28-4-2)20-12-10-19(11-13-20)18-8-6-5-7-9-18/h5-13,16-17,25-26H,3-4,14-15H2,1-2H3/t25-/m0/s1. The van der Waals surface area contributed by atoms with Gasteiger partial charge in [0.05, 0.1) is 19.3 Å². The highest BCUT2D eigenvalue weighted by Gasteiger charge is 2.24. The van der Waals surface area contributed by atoms with Crippen LogP contribution in [0.2, 0.25) is 0 Å². The van der Waals surface area contributed by atoms with Crippen molar-refractivity contribution in [1.82, 2.24) is 5.32 Å². The number of hydrogen-bond donors (Lipinski definition) is 1. The molecule has 0 saturated heterocycles. The first-order valence-corrected chi connectivity index (χ1v) is 10.1. The molecule has 0 spiro atoms. The lowest BCUT2D eigenvalue weighted by Gasteiger charge is -2.29. The fourth-order valence-electron chi connectivity index (χ4n) is 3.90. The van der Waals surface area contributed by atoms with Crippen LogP contribution in [-0.4, -0.2) is 19.8 Å². The van der Waals surface area contributed by atoms with Crippen LogP contribution in [0.3, 0.4) is 0 Å². The third kappa shape index (κ3) is 3.76. The van der Waals surface area contributed by atoms with Gasteiger partial charge >= 0.3 is 0 Å². The minimum Gasteiger partial charge on any atom is -0.490 e. The lowest BCUT2D eigenvalue weighted by atomic mass is 9.88. The zero-order valence-corrected chi connectivity index (χ0v) is 16.6. The van der Waals surface area contributed by atoms with Crippen LogP contribution in [0.5, 0.6) is 11.5 Å². The van der Waals surface area contributed by atoms with E-state index in [1.165, 1.54) is 27.8 Å². The molecule has 1 N–H and O–H groups in total. The van der Waals surface area contributed by atoms with E-state index in [1.54, 1.807) is 0 Å². The molecule has 0 fully saturated rings. The molecule has 0 amide bonds. The first-order valence-electron chi connectivity index (χ1n) is 10.1. The summed E-state index contributed by atoms with van der Waals surface area (Å²) in [5.74, 6) is 1.68. The third-order valence-electron chi connectivity index (χ3n) is 5.21. The van der Waals surface area contributed by atoms with Gasteiger partial charge in [-0.2, -0.15) is 0 Å². The summed E-state index contributed by atoms with van der Waals surface area (Å²) in [7, 11) is 0. The third-order valence-corrected chi connectivity index (χ3v) is 5.21. The fraction of sp³-hybridized carbons (Fsp3) is 0.280. The van der Waals surface area contributed by atoms with Crippen LogP contribution in [-0.2, 0) is 6.42 Å². The lowest BCUT2D eigenvalue weighted by molar-refractivity contribution is 0.286. The summed E-state index contributed by atoms with van der Waals surface area (Å²) in [6.07, 6.45) is 1.00. The van der Waals surface area contributed by atoms with E-state index in [-0.39, 0.29) is 6.04 Å². The summed E-state index contributed by atoms with van der Waals surface area (Å²) >= 11 is 0. The molecule has 1 heterocycles. The first kappa shape index (κ1) is 18.6. The van der Waals surface area contributed by atoms with Crippen LogP contribution in [0.1, 0.15) is 36.6 Å². The summed E-state index contributed by atoms with van der Waals surface area (Å²) in [5, 5.41) is 3.68. The van der Waals surface area contributed by atoms with Crippen molar-refractivity contribution < 1.29 is 9.47 Å². The predicted molar refractivity (Wildman–Crippen MR) is 114 cm³/mol. The number of nitrogens with one attached hydrogen (secondary N) is 1. The van der Waals surface area contributed by atoms with Crippen molar-refractivity contribution in [1.29, 1.82) is 0 Å². The number of ether oxygens (including phenoxy) is 2. The van der Waals surface area contributed by atoms with E-state index in [4.69, 9.17) is 9.47 Å². The van der Waals surface area contributed by atoms with Gasteiger partial charge in [0.1, 0.15) is 0 Å². The molecule has 3 nitrogen and oxygen atoms in total. The normalized spacial score (nSPS) is 15.7. The Bertz CT molecular complexity index is 919. The summed E-state index contributed by atoms with van der Waals surface area (Å²) in [6, 6.07) is 23.9. The van der Waals surface area contributed by atoms with E-state index in [0.717, 1.165) is 24.5 Å². The van der Waals surface area contributed by atoms with Crippen LogP contribution < -0.4 is 14.8 Å². The van der Waals surface area contributed by atoms with E-state index < -0.39 is 0 Å².